The third-order valence-corrected chi connectivity index (χ3v) is 2.53. The summed E-state index contributed by atoms with van der Waals surface area (Å²) in [5.41, 5.74) is 0.0264. The van der Waals surface area contributed by atoms with Gasteiger partial charge in [-0.2, -0.15) is 9.97 Å². The van der Waals surface area contributed by atoms with Crippen LogP contribution in [0.3, 0.4) is 0 Å². The molecule has 0 aliphatic rings. The Kier molecular flexibility index (Phi) is 3.51. The number of nitrogens with zero attached hydrogens (tertiary/aromatic N) is 3. The first-order chi connectivity index (χ1) is 8.45. The Labute approximate surface area is 112 Å². The molecule has 1 aromatic heterocycles. The molecule has 0 unspecified atom stereocenters. The summed E-state index contributed by atoms with van der Waals surface area (Å²) in [5.74, 6) is 5.89. The van der Waals surface area contributed by atoms with Crippen molar-refractivity contribution in [1.29, 1.82) is 0 Å². The van der Waals surface area contributed by atoms with Crippen LogP contribution in [0.1, 0.15) is 0 Å². The van der Waals surface area contributed by atoms with Gasteiger partial charge in [0, 0.05) is 22.7 Å². The fourth-order valence-electron chi connectivity index (χ4n) is 1.36. The van der Waals surface area contributed by atoms with Crippen molar-refractivity contribution in [3.8, 4) is 11.4 Å². The fourth-order valence-corrected chi connectivity index (χ4v) is 1.88. The van der Waals surface area contributed by atoms with Gasteiger partial charge in [0.2, 0.25) is 5.95 Å². The maximum Gasteiger partial charge on any atom is 0.349 e. The highest BCUT2D eigenvalue weighted by atomic mass is 35.5. The van der Waals surface area contributed by atoms with Crippen LogP contribution < -0.4 is 16.5 Å². The van der Waals surface area contributed by atoms with Gasteiger partial charge in [-0.25, -0.2) is 10.6 Å². The molecule has 18 heavy (non-hydrogen) atoms. The van der Waals surface area contributed by atoms with Gasteiger partial charge in [0.1, 0.15) is 5.82 Å². The molecule has 6 nitrogen and oxygen atoms in total. The number of H-pyrrole nitrogens is 1. The molecule has 2 aromatic rings. The summed E-state index contributed by atoms with van der Waals surface area (Å²) in [6.45, 7) is 0. The maximum atomic E-state index is 11.4. The molecule has 8 heteroatoms. The van der Waals surface area contributed by atoms with Crippen LogP contribution in [0.5, 0.6) is 0 Å². The predicted octanol–water partition coefficient (Wildman–Crippen LogP) is 1.45. The molecule has 0 saturated heterocycles. The first-order valence-corrected chi connectivity index (χ1v) is 5.64. The van der Waals surface area contributed by atoms with E-state index in [2.05, 4.69) is 15.0 Å². The fraction of sp³-hybridized carbons (Fsp3) is 0.100. The van der Waals surface area contributed by atoms with Crippen LogP contribution in [0.25, 0.3) is 11.4 Å². The van der Waals surface area contributed by atoms with Gasteiger partial charge < -0.3 is 0 Å². The number of nitrogens with two attached hydrogens (primary N) is 1. The molecule has 0 atom stereocenters. The molecular formula is C10H9Cl2N5O. The van der Waals surface area contributed by atoms with E-state index in [1.54, 1.807) is 18.2 Å². The molecule has 94 valence electrons. The molecular weight excluding hydrogens is 277 g/mol. The van der Waals surface area contributed by atoms with E-state index < -0.39 is 5.69 Å². The lowest BCUT2D eigenvalue weighted by Crippen LogP contribution is -2.30. The second-order valence-corrected chi connectivity index (χ2v) is 4.44. The molecule has 0 fully saturated rings. The number of anilines is 1. The number of halogens is 2. The largest absolute Gasteiger partial charge is 0.349 e. The Bertz CT molecular complexity index is 620. The van der Waals surface area contributed by atoms with Crippen molar-refractivity contribution < 1.29 is 0 Å². The predicted molar refractivity (Wildman–Crippen MR) is 70.7 cm³/mol. The minimum atomic E-state index is -0.552. The van der Waals surface area contributed by atoms with Gasteiger partial charge in [-0.3, -0.25) is 9.99 Å². The van der Waals surface area contributed by atoms with Crippen molar-refractivity contribution in [3.63, 3.8) is 0 Å². The van der Waals surface area contributed by atoms with Gasteiger partial charge in [-0.05, 0) is 18.2 Å². The minimum Gasteiger partial charge on any atom is -0.290 e. The number of nitrogens with one attached hydrogen (secondary N) is 1. The SMILES string of the molecule is CN(N)c1nc(-c2cc(Cl)cc(Cl)c2)[nH]c(=O)n1. The molecule has 0 spiro atoms. The monoisotopic (exact) mass is 285 g/mol. The van der Waals surface area contributed by atoms with Crippen LogP contribution >= 0.6 is 23.2 Å². The third kappa shape index (κ3) is 2.79. The molecule has 0 radical (unpaired) electrons. The van der Waals surface area contributed by atoms with Crippen molar-refractivity contribution >= 4 is 29.2 Å². The summed E-state index contributed by atoms with van der Waals surface area (Å²) in [7, 11) is 1.53. The molecule has 0 bridgehead atoms. The van der Waals surface area contributed by atoms with Crippen LogP contribution in [0.2, 0.25) is 10.0 Å². The first-order valence-electron chi connectivity index (χ1n) is 4.89. The van der Waals surface area contributed by atoms with Gasteiger partial charge in [0.05, 0.1) is 0 Å². The van der Waals surface area contributed by atoms with E-state index in [1.165, 1.54) is 7.05 Å². The molecule has 1 heterocycles. The van der Waals surface area contributed by atoms with E-state index in [0.717, 1.165) is 5.01 Å². The molecule has 0 aliphatic heterocycles. The lowest BCUT2D eigenvalue weighted by molar-refractivity contribution is 0.886. The number of benzene rings is 1. The quantitative estimate of drug-likeness (QED) is 0.644. The smallest absolute Gasteiger partial charge is 0.290 e. The second kappa shape index (κ2) is 4.93. The normalized spacial score (nSPS) is 10.4. The van der Waals surface area contributed by atoms with Crippen molar-refractivity contribution in [2.24, 2.45) is 5.84 Å². The highest BCUT2D eigenvalue weighted by Gasteiger charge is 2.08. The van der Waals surface area contributed by atoms with Crippen LogP contribution in [0, 0.1) is 0 Å². The Balaban J connectivity index is 2.60. The minimum absolute atomic E-state index is 0.102. The first kappa shape index (κ1) is 12.8. The Morgan fingerprint density at radius 2 is 1.83 bits per heavy atom. The average Bonchev–Trinajstić information content (AvgIpc) is 2.26. The van der Waals surface area contributed by atoms with E-state index in [4.69, 9.17) is 29.0 Å². The zero-order valence-electron chi connectivity index (χ0n) is 9.32. The van der Waals surface area contributed by atoms with Crippen LogP contribution in [-0.2, 0) is 0 Å². The molecule has 0 amide bonds. The second-order valence-electron chi connectivity index (χ2n) is 3.57. The Morgan fingerprint density at radius 1 is 1.22 bits per heavy atom. The Morgan fingerprint density at radius 3 is 2.39 bits per heavy atom. The van der Waals surface area contributed by atoms with Gasteiger partial charge in [0.25, 0.3) is 0 Å². The standard InChI is InChI=1S/C10H9Cl2N5O/c1-17(13)9-14-8(15-10(18)16-9)5-2-6(11)4-7(12)3-5/h2-4H,13H2,1H3,(H,14,15,16,18). The molecule has 0 aliphatic carbocycles. The van der Waals surface area contributed by atoms with Crippen LogP contribution in [-0.4, -0.2) is 22.0 Å². The molecule has 2 rings (SSSR count). The zero-order chi connectivity index (χ0) is 13.3. The lowest BCUT2D eigenvalue weighted by Gasteiger charge is -2.10. The number of hydrogen-bond donors (Lipinski definition) is 2. The summed E-state index contributed by atoms with van der Waals surface area (Å²) in [4.78, 5) is 21.6. The summed E-state index contributed by atoms with van der Waals surface area (Å²) in [6.07, 6.45) is 0. The Hall–Kier alpha value is -1.63. The number of rotatable bonds is 2. The lowest BCUT2D eigenvalue weighted by atomic mass is 10.2. The van der Waals surface area contributed by atoms with E-state index >= 15 is 0 Å². The van der Waals surface area contributed by atoms with Crippen molar-refractivity contribution in [1.82, 2.24) is 15.0 Å². The average molecular weight is 286 g/mol. The van der Waals surface area contributed by atoms with E-state index in [-0.39, 0.29) is 5.95 Å². The topological polar surface area (TPSA) is 87.9 Å². The number of aromatic nitrogens is 3. The summed E-state index contributed by atoms with van der Waals surface area (Å²) < 4.78 is 0. The summed E-state index contributed by atoms with van der Waals surface area (Å²) in [5, 5.41) is 2.03. The van der Waals surface area contributed by atoms with Gasteiger partial charge in [-0.15, -0.1) is 0 Å². The molecule has 3 N–H and O–H groups in total. The van der Waals surface area contributed by atoms with Crippen molar-refractivity contribution in [3.05, 3.63) is 38.7 Å². The molecule has 0 saturated carbocycles. The summed E-state index contributed by atoms with van der Waals surface area (Å²) >= 11 is 11.8. The van der Waals surface area contributed by atoms with E-state index in [1.807, 2.05) is 0 Å². The highest BCUT2D eigenvalue weighted by Crippen LogP contribution is 2.24. The number of aromatic amines is 1. The molecule has 1 aromatic carbocycles. The highest BCUT2D eigenvalue weighted by molar-refractivity contribution is 6.35. The van der Waals surface area contributed by atoms with E-state index in [9.17, 15) is 4.79 Å². The van der Waals surface area contributed by atoms with Gasteiger partial charge in [0.15, 0.2) is 0 Å². The number of hydrazine groups is 1. The van der Waals surface area contributed by atoms with Gasteiger partial charge in [-0.1, -0.05) is 23.2 Å². The van der Waals surface area contributed by atoms with Crippen LogP contribution in [0.15, 0.2) is 23.0 Å². The third-order valence-electron chi connectivity index (χ3n) is 2.09. The zero-order valence-corrected chi connectivity index (χ0v) is 10.8. The van der Waals surface area contributed by atoms with Crippen molar-refractivity contribution in [2.75, 3.05) is 12.1 Å². The maximum absolute atomic E-state index is 11.4. The van der Waals surface area contributed by atoms with Crippen molar-refractivity contribution in [2.45, 2.75) is 0 Å². The number of hydrogen-bond acceptors (Lipinski definition) is 5. The van der Waals surface area contributed by atoms with Gasteiger partial charge >= 0.3 is 5.69 Å². The van der Waals surface area contributed by atoms with Crippen LogP contribution in [0.4, 0.5) is 5.95 Å². The van der Waals surface area contributed by atoms with E-state index in [0.29, 0.717) is 21.4 Å². The summed E-state index contributed by atoms with van der Waals surface area (Å²) in [6, 6.07) is 4.85.